The number of ether oxygens (including phenoxy) is 3. The highest BCUT2D eigenvalue weighted by Gasteiger charge is 2.38. The van der Waals surface area contributed by atoms with Crippen molar-refractivity contribution in [2.75, 3.05) is 6.16 Å². The van der Waals surface area contributed by atoms with Crippen LogP contribution in [0.2, 0.25) is 0 Å². The van der Waals surface area contributed by atoms with Gasteiger partial charge in [0.25, 0.3) is 0 Å². The van der Waals surface area contributed by atoms with Gasteiger partial charge in [0.1, 0.15) is 17.2 Å². The topological polar surface area (TPSA) is 27.7 Å². The molecule has 0 heterocycles. The van der Waals surface area contributed by atoms with Gasteiger partial charge in [-0.05, 0) is 55.4 Å². The normalized spacial score (nSPS) is 10.9. The van der Waals surface area contributed by atoms with Crippen molar-refractivity contribution >= 4 is 26.2 Å². The van der Waals surface area contributed by atoms with Crippen molar-refractivity contribution in [1.29, 1.82) is 0 Å². The van der Waals surface area contributed by atoms with Gasteiger partial charge in [-0.15, -0.1) is 26.2 Å². The van der Waals surface area contributed by atoms with Crippen LogP contribution in [0.1, 0.15) is 64.2 Å². The summed E-state index contributed by atoms with van der Waals surface area (Å²) in [6.45, 7) is 0. The zero-order chi connectivity index (χ0) is 23.7. The number of rotatable bonds is 17. The maximum atomic E-state index is 6.45. The van der Waals surface area contributed by atoms with Gasteiger partial charge in [-0.2, -0.15) is 0 Å². The first-order valence-electron chi connectivity index (χ1n) is 12.7. The molecule has 0 spiro atoms. The molecule has 1 unspecified atom stereocenters. The van der Waals surface area contributed by atoms with E-state index in [4.69, 9.17) is 14.2 Å². The predicted molar refractivity (Wildman–Crippen MR) is 155 cm³/mol. The fraction of sp³-hybridized carbons (Fsp3) is 0.400. The molecule has 3 aromatic rings. The van der Waals surface area contributed by atoms with Gasteiger partial charge in [0.2, 0.25) is 0 Å². The molecular weight excluding hydrogens is 519 g/mol. The zero-order valence-corrected chi connectivity index (χ0v) is 23.5. The van der Waals surface area contributed by atoms with E-state index in [1.807, 2.05) is 91.0 Å². The number of hydrogen-bond acceptors (Lipinski definition) is 3. The van der Waals surface area contributed by atoms with E-state index in [-0.39, 0.29) is 17.0 Å². The van der Waals surface area contributed by atoms with Crippen LogP contribution in [0, 0.1) is 0 Å². The van der Waals surface area contributed by atoms with Crippen LogP contribution in [0.25, 0.3) is 0 Å². The van der Waals surface area contributed by atoms with Gasteiger partial charge in [0.15, 0.2) is 0 Å². The van der Waals surface area contributed by atoms with E-state index in [9.17, 15) is 0 Å². The average Bonchev–Trinajstić information content (AvgIpc) is 2.87. The van der Waals surface area contributed by atoms with Crippen LogP contribution >= 0.6 is 26.2 Å². The molecule has 0 aliphatic rings. The third-order valence-electron chi connectivity index (χ3n) is 5.74. The Labute approximate surface area is 224 Å². The lowest BCUT2D eigenvalue weighted by Gasteiger charge is -2.34. The second-order valence-corrected chi connectivity index (χ2v) is 9.23. The van der Waals surface area contributed by atoms with Crippen LogP contribution in [0.3, 0.4) is 0 Å². The lowest BCUT2D eigenvalue weighted by molar-refractivity contribution is -0.257. The van der Waals surface area contributed by atoms with E-state index in [0.29, 0.717) is 6.42 Å². The Hall–Kier alpha value is -2.03. The van der Waals surface area contributed by atoms with E-state index in [0.717, 1.165) is 30.1 Å². The number of halogens is 1. The van der Waals surface area contributed by atoms with Gasteiger partial charge < -0.3 is 14.2 Å². The molecule has 0 saturated heterocycles. The third-order valence-corrected chi connectivity index (χ3v) is 6.15. The van der Waals surface area contributed by atoms with Crippen molar-refractivity contribution in [2.24, 2.45) is 0 Å². The molecule has 5 heteroatoms. The summed E-state index contributed by atoms with van der Waals surface area (Å²) in [5.41, 5.74) is 0. The molecule has 0 fully saturated rings. The molecular formula is C30H40BrO3P. The molecule has 0 N–H and O–H groups in total. The molecule has 0 saturated carbocycles. The molecule has 35 heavy (non-hydrogen) atoms. The minimum Gasteiger partial charge on any atom is -0.421 e. The van der Waals surface area contributed by atoms with Gasteiger partial charge in [0, 0.05) is 0 Å². The monoisotopic (exact) mass is 558 g/mol. The fourth-order valence-corrected chi connectivity index (χ4v) is 4.23. The fourth-order valence-electron chi connectivity index (χ4n) is 3.94. The summed E-state index contributed by atoms with van der Waals surface area (Å²) >= 11 is 0. The zero-order valence-electron chi connectivity index (χ0n) is 20.6. The largest absolute Gasteiger partial charge is 0.421 e. The van der Waals surface area contributed by atoms with Crippen LogP contribution in [-0.2, 0) is 0 Å². The summed E-state index contributed by atoms with van der Waals surface area (Å²) in [4.78, 5) is 0. The van der Waals surface area contributed by atoms with Crippen LogP contribution in [0.4, 0.5) is 0 Å². The maximum absolute atomic E-state index is 6.45. The molecule has 0 radical (unpaired) electrons. The van der Waals surface area contributed by atoms with Crippen molar-refractivity contribution in [3.8, 4) is 17.2 Å². The molecule has 0 aliphatic carbocycles. The lowest BCUT2D eigenvalue weighted by atomic mass is 10.1. The second kappa shape index (κ2) is 17.4. The van der Waals surface area contributed by atoms with Gasteiger partial charge in [0.05, 0.1) is 6.42 Å². The summed E-state index contributed by atoms with van der Waals surface area (Å²) < 4.78 is 19.3. The Morgan fingerprint density at radius 1 is 0.457 bits per heavy atom. The molecule has 0 aromatic heterocycles. The van der Waals surface area contributed by atoms with Crippen molar-refractivity contribution < 1.29 is 14.2 Å². The smallest absolute Gasteiger partial charge is 0.417 e. The van der Waals surface area contributed by atoms with Crippen LogP contribution < -0.4 is 14.2 Å². The lowest BCUT2D eigenvalue weighted by Crippen LogP contribution is -2.48. The first kappa shape index (κ1) is 29.2. The average molecular weight is 560 g/mol. The Bertz CT molecular complexity index is 792. The highest BCUT2D eigenvalue weighted by atomic mass is 79.9. The first-order chi connectivity index (χ1) is 16.8. The predicted octanol–water partition coefficient (Wildman–Crippen LogP) is 9.23. The highest BCUT2D eigenvalue weighted by molar-refractivity contribution is 8.93. The van der Waals surface area contributed by atoms with Crippen LogP contribution in [0.15, 0.2) is 91.0 Å². The van der Waals surface area contributed by atoms with Crippen LogP contribution in [-0.4, -0.2) is 12.1 Å². The standard InChI is InChI=1S/C30H39O3P.BrH/c34-26-18-7-5-3-1-2-4-6-17-25-30(31-27-19-11-8-12-20-27,32-28-21-13-9-14-22-28)33-29-23-15-10-16-24-29;/h8-16,19-24H,1-7,17-18,25-26,34H2;1H. The molecule has 1 atom stereocenters. The minimum atomic E-state index is -1.25. The van der Waals surface area contributed by atoms with Crippen molar-refractivity contribution in [1.82, 2.24) is 0 Å². The van der Waals surface area contributed by atoms with Crippen molar-refractivity contribution in [3.63, 3.8) is 0 Å². The van der Waals surface area contributed by atoms with Crippen LogP contribution in [0.5, 0.6) is 17.2 Å². The number of para-hydroxylation sites is 3. The number of hydrogen-bond donors (Lipinski definition) is 0. The van der Waals surface area contributed by atoms with Gasteiger partial charge in [-0.3, -0.25) is 0 Å². The summed E-state index contributed by atoms with van der Waals surface area (Å²) in [6, 6.07) is 29.3. The van der Waals surface area contributed by atoms with Gasteiger partial charge in [-0.1, -0.05) is 99.5 Å². The van der Waals surface area contributed by atoms with E-state index in [1.54, 1.807) is 0 Å². The molecule has 0 aliphatic heterocycles. The van der Waals surface area contributed by atoms with E-state index in [2.05, 4.69) is 9.24 Å². The van der Waals surface area contributed by atoms with Gasteiger partial charge >= 0.3 is 5.97 Å². The van der Waals surface area contributed by atoms with E-state index < -0.39 is 5.97 Å². The molecule has 3 rings (SSSR count). The summed E-state index contributed by atoms with van der Waals surface area (Å²) in [7, 11) is 2.82. The Kier molecular flexibility index (Phi) is 14.5. The quantitative estimate of drug-likeness (QED) is 0.0938. The number of unbranched alkanes of at least 4 members (excludes halogenated alkanes) is 8. The molecule has 0 amide bonds. The van der Waals surface area contributed by atoms with Gasteiger partial charge in [-0.25, -0.2) is 0 Å². The Balaban J connectivity index is 0.00000432. The second-order valence-electron chi connectivity index (χ2n) is 8.65. The molecule has 3 aromatic carbocycles. The SMILES string of the molecule is Br.PCCCCCCCCCCCC(Oc1ccccc1)(Oc1ccccc1)Oc1ccccc1. The third kappa shape index (κ3) is 11.5. The summed E-state index contributed by atoms with van der Waals surface area (Å²) in [5.74, 6) is 0.918. The molecule has 0 bridgehead atoms. The molecule has 3 nitrogen and oxygen atoms in total. The maximum Gasteiger partial charge on any atom is 0.417 e. The highest BCUT2D eigenvalue weighted by Crippen LogP contribution is 2.31. The number of benzene rings is 3. The van der Waals surface area contributed by atoms with Crippen molar-refractivity contribution in [2.45, 2.75) is 70.2 Å². The first-order valence-corrected chi connectivity index (χ1v) is 13.5. The Morgan fingerprint density at radius 3 is 1.11 bits per heavy atom. The van der Waals surface area contributed by atoms with Crippen molar-refractivity contribution in [3.05, 3.63) is 91.0 Å². The van der Waals surface area contributed by atoms with E-state index >= 15 is 0 Å². The molecule has 190 valence electrons. The Morgan fingerprint density at radius 2 is 0.771 bits per heavy atom. The van der Waals surface area contributed by atoms with E-state index in [1.165, 1.54) is 51.1 Å². The minimum absolute atomic E-state index is 0. The summed E-state index contributed by atoms with van der Waals surface area (Å²) in [6.07, 6.45) is 13.2. The summed E-state index contributed by atoms with van der Waals surface area (Å²) in [5, 5.41) is 0.